The summed E-state index contributed by atoms with van der Waals surface area (Å²) in [5, 5.41) is 0. The zero-order chi connectivity index (χ0) is 54.1. The first-order chi connectivity index (χ1) is 40.2. The quantitative estimate of drug-likeness (QED) is 0.0902. The predicted octanol–water partition coefficient (Wildman–Crippen LogP) is 18.0. The molecule has 0 N–H and O–H groups in total. The lowest BCUT2D eigenvalue weighted by Crippen LogP contribution is -2.61. The van der Waals surface area contributed by atoms with Gasteiger partial charge in [0.25, 0.3) is 6.71 Å². The van der Waals surface area contributed by atoms with Crippen molar-refractivity contribution in [2.45, 2.75) is 0 Å². The highest BCUT2D eigenvalue weighted by molar-refractivity contribution is 7.00. The second kappa shape index (κ2) is 21.3. The third-order valence-electron chi connectivity index (χ3n) is 15.7. The van der Waals surface area contributed by atoms with Gasteiger partial charge in [-0.1, -0.05) is 261 Å². The van der Waals surface area contributed by atoms with Crippen LogP contribution in [0.1, 0.15) is 5.56 Å². The van der Waals surface area contributed by atoms with Gasteiger partial charge in [-0.25, -0.2) is 9.97 Å². The summed E-state index contributed by atoms with van der Waals surface area (Å²) in [6.45, 7) is 3.70. The molecule has 81 heavy (non-hydrogen) atoms. The topological polar surface area (TPSA) is 32.3 Å². The van der Waals surface area contributed by atoms with Crippen molar-refractivity contribution in [1.82, 2.24) is 9.97 Å². The number of hydrogen-bond donors (Lipinski definition) is 0. The molecular weight excluding hydrogens is 980 g/mol. The second-order valence-corrected chi connectivity index (χ2v) is 20.5. The monoisotopic (exact) mass is 1030 g/mol. The van der Waals surface area contributed by atoms with E-state index >= 15 is 0 Å². The Kier molecular flexibility index (Phi) is 12.8. The third kappa shape index (κ3) is 9.07. The van der Waals surface area contributed by atoms with Crippen LogP contribution in [-0.2, 0) is 0 Å². The molecule has 380 valence electrons. The van der Waals surface area contributed by atoms with Gasteiger partial charge in [0.1, 0.15) is 0 Å². The molecule has 0 spiro atoms. The number of para-hydroxylation sites is 1. The number of hydrogen-bond acceptors (Lipinski definition) is 4. The summed E-state index contributed by atoms with van der Waals surface area (Å²) in [5.41, 5.74) is 25.0. The molecule has 0 unspecified atom stereocenters. The van der Waals surface area contributed by atoms with E-state index < -0.39 is 0 Å². The van der Waals surface area contributed by atoms with Gasteiger partial charge in [0.15, 0.2) is 5.82 Å². The van der Waals surface area contributed by atoms with E-state index in [4.69, 9.17) is 9.97 Å². The van der Waals surface area contributed by atoms with E-state index in [0.717, 1.165) is 112 Å². The minimum Gasteiger partial charge on any atom is -0.311 e. The fraction of sp³-hybridized carbons (Fsp3) is 0. The van der Waals surface area contributed by atoms with E-state index in [1.807, 2.05) is 12.2 Å². The van der Waals surface area contributed by atoms with Crippen LogP contribution in [0.5, 0.6) is 0 Å². The minimum atomic E-state index is -0.188. The molecule has 0 saturated heterocycles. The first-order valence-electron chi connectivity index (χ1n) is 27.6. The van der Waals surface area contributed by atoms with Crippen LogP contribution >= 0.6 is 0 Å². The van der Waals surface area contributed by atoms with Gasteiger partial charge >= 0.3 is 0 Å². The van der Waals surface area contributed by atoms with Crippen LogP contribution in [0.15, 0.2) is 310 Å². The van der Waals surface area contributed by atoms with Gasteiger partial charge in [0.05, 0.1) is 28.5 Å². The number of benzene rings is 11. The van der Waals surface area contributed by atoms with Gasteiger partial charge in [-0.2, -0.15) is 0 Å². The normalized spacial score (nSPS) is 12.3. The Morgan fingerprint density at radius 2 is 0.815 bits per heavy atom. The van der Waals surface area contributed by atoms with Crippen LogP contribution < -0.4 is 26.2 Å². The summed E-state index contributed by atoms with van der Waals surface area (Å²) >= 11 is 0. The van der Waals surface area contributed by atoms with Crippen molar-refractivity contribution in [2.75, 3.05) is 9.80 Å². The van der Waals surface area contributed by atoms with Gasteiger partial charge in [-0.15, -0.1) is 0 Å². The summed E-state index contributed by atoms with van der Waals surface area (Å²) < 4.78 is 0. The molecule has 3 heterocycles. The highest BCUT2D eigenvalue weighted by Gasteiger charge is 2.45. The van der Waals surface area contributed by atoms with Crippen LogP contribution in [0.25, 0.3) is 84.5 Å². The lowest BCUT2D eigenvalue weighted by Gasteiger charge is -2.45. The average molecular weight is 1030 g/mol. The molecule has 0 saturated carbocycles. The Labute approximate surface area is 474 Å². The van der Waals surface area contributed by atoms with Crippen molar-refractivity contribution in [2.24, 2.45) is 0 Å². The lowest BCUT2D eigenvalue weighted by molar-refractivity contribution is 1.17. The van der Waals surface area contributed by atoms with Crippen LogP contribution in [0.4, 0.5) is 34.1 Å². The number of fused-ring (bicyclic) bond motifs is 4. The number of aromatic nitrogens is 2. The van der Waals surface area contributed by atoms with E-state index in [2.05, 4.69) is 308 Å². The molecule has 12 aromatic rings. The summed E-state index contributed by atoms with van der Waals surface area (Å²) in [7, 11) is 0. The minimum absolute atomic E-state index is 0.188. The van der Waals surface area contributed by atoms with Gasteiger partial charge in [-0.05, 0) is 110 Å². The first kappa shape index (κ1) is 48.7. The molecule has 2 aliphatic heterocycles. The van der Waals surface area contributed by atoms with Gasteiger partial charge in [-0.3, -0.25) is 0 Å². The maximum absolute atomic E-state index is 5.56. The van der Waals surface area contributed by atoms with E-state index in [1.54, 1.807) is 6.08 Å². The van der Waals surface area contributed by atoms with Crippen LogP contribution in [0.2, 0.25) is 0 Å². The maximum atomic E-state index is 5.56. The summed E-state index contributed by atoms with van der Waals surface area (Å²) in [4.78, 5) is 16.2. The standard InChI is InChI=1S/C76H53BN4/c1-2-3-4-11-26-53-43-47-69(63(49-53)56-31-16-7-17-32-56)80-71-41-25-42-72-74(71)77(65-46-44-61(51-73(65)80)55-29-14-6-15-30-55)66-40-24-39-62(76-78-67(58-35-20-9-21-36-58)52-68(79-76)59-37-22-10-23-38-59)75(66)81(72)70-48-45-60(54-27-12-5-13-28-54)50-64(70)57-33-18-8-19-34-57/h2-52H,1H2/b4-3-,26-11+. The summed E-state index contributed by atoms with van der Waals surface area (Å²) in [6.07, 6.45) is 10.0. The Bertz CT molecular complexity index is 4290. The average Bonchev–Trinajstić information content (AvgIpc) is 3.64. The molecule has 11 aromatic carbocycles. The molecule has 0 aliphatic carbocycles. The van der Waals surface area contributed by atoms with Crippen molar-refractivity contribution in [3.05, 3.63) is 315 Å². The largest absolute Gasteiger partial charge is 0.311 e. The fourth-order valence-electron chi connectivity index (χ4n) is 12.0. The Morgan fingerprint density at radius 1 is 0.321 bits per heavy atom. The zero-order valence-corrected chi connectivity index (χ0v) is 44.5. The van der Waals surface area contributed by atoms with Crippen molar-refractivity contribution in [3.8, 4) is 78.4 Å². The molecule has 4 nitrogen and oxygen atoms in total. The molecule has 1 aromatic heterocycles. The zero-order valence-electron chi connectivity index (χ0n) is 44.5. The van der Waals surface area contributed by atoms with Crippen LogP contribution in [0, 0.1) is 0 Å². The predicted molar refractivity (Wildman–Crippen MR) is 342 cm³/mol. The Hall–Kier alpha value is -10.6. The van der Waals surface area contributed by atoms with Crippen LogP contribution in [0.3, 0.4) is 0 Å². The molecule has 0 amide bonds. The molecule has 2 aliphatic rings. The maximum Gasteiger partial charge on any atom is 0.252 e. The van der Waals surface area contributed by atoms with Gasteiger partial charge in [0, 0.05) is 44.9 Å². The molecule has 0 fully saturated rings. The third-order valence-corrected chi connectivity index (χ3v) is 15.7. The highest BCUT2D eigenvalue weighted by atomic mass is 15.2. The molecule has 0 bridgehead atoms. The van der Waals surface area contributed by atoms with Crippen molar-refractivity contribution < 1.29 is 0 Å². The summed E-state index contributed by atoms with van der Waals surface area (Å²) in [6, 6.07) is 101. The summed E-state index contributed by atoms with van der Waals surface area (Å²) in [5.74, 6) is 0.650. The van der Waals surface area contributed by atoms with Gasteiger partial charge < -0.3 is 9.80 Å². The highest BCUT2D eigenvalue weighted by Crippen LogP contribution is 2.51. The number of anilines is 6. The lowest BCUT2D eigenvalue weighted by atomic mass is 9.33. The molecule has 5 heteroatoms. The SMILES string of the molecule is C=C/C=C\C=C\c1ccc(N2c3cc(-c4ccccc4)ccc3B3c4cccc(-c5nc(-c6ccccc6)cc(-c6ccccc6)n5)c4N(c4ccc(-c5ccccc5)cc4-c4ccccc4)c4cccc2c43)c(-c2ccccc2)c1. The van der Waals surface area contributed by atoms with E-state index in [1.165, 1.54) is 16.4 Å². The number of rotatable bonds is 12. The van der Waals surface area contributed by atoms with E-state index in [0.29, 0.717) is 5.82 Å². The van der Waals surface area contributed by atoms with Crippen molar-refractivity contribution in [3.63, 3.8) is 0 Å². The Morgan fingerprint density at radius 3 is 1.41 bits per heavy atom. The second-order valence-electron chi connectivity index (χ2n) is 20.5. The van der Waals surface area contributed by atoms with E-state index in [-0.39, 0.29) is 6.71 Å². The molecule has 0 radical (unpaired) electrons. The Balaban J connectivity index is 1.08. The molecule has 0 atom stereocenters. The fourth-order valence-corrected chi connectivity index (χ4v) is 12.0. The van der Waals surface area contributed by atoms with E-state index in [9.17, 15) is 0 Å². The molecular formula is C76H53BN4. The van der Waals surface area contributed by atoms with Crippen molar-refractivity contribution >= 4 is 63.3 Å². The number of allylic oxidation sites excluding steroid dienone is 4. The van der Waals surface area contributed by atoms with Crippen LogP contribution in [-0.4, -0.2) is 16.7 Å². The van der Waals surface area contributed by atoms with Crippen molar-refractivity contribution in [1.29, 1.82) is 0 Å². The van der Waals surface area contributed by atoms with Gasteiger partial charge in [0.2, 0.25) is 0 Å². The first-order valence-corrected chi connectivity index (χ1v) is 27.6. The molecule has 14 rings (SSSR count). The smallest absolute Gasteiger partial charge is 0.252 e. The number of nitrogens with zero attached hydrogens (tertiary/aromatic N) is 4.